The average molecular weight is 437 g/mol. The van der Waals surface area contributed by atoms with Gasteiger partial charge in [0.2, 0.25) is 0 Å². The van der Waals surface area contributed by atoms with Gasteiger partial charge in [0.25, 0.3) is 5.91 Å². The average Bonchev–Trinajstić information content (AvgIpc) is 3.08. The number of thioether (sulfide) groups is 1. The van der Waals surface area contributed by atoms with E-state index in [4.69, 9.17) is 4.74 Å². The van der Waals surface area contributed by atoms with Crippen LogP contribution in [0.4, 0.5) is 0 Å². The number of hydrogen-bond donors (Lipinski definition) is 0. The van der Waals surface area contributed by atoms with Crippen molar-refractivity contribution in [2.24, 2.45) is 4.99 Å². The fourth-order valence-electron chi connectivity index (χ4n) is 3.55. The summed E-state index contributed by atoms with van der Waals surface area (Å²) in [4.78, 5) is 18.2. The molecular weight excluding hydrogens is 412 g/mol. The van der Waals surface area contributed by atoms with Crippen molar-refractivity contribution >= 4 is 50.0 Å². The van der Waals surface area contributed by atoms with Gasteiger partial charge in [-0.05, 0) is 47.7 Å². The minimum absolute atomic E-state index is 0.124. The third kappa shape index (κ3) is 4.45. The Hall–Kier alpha value is -2.57. The highest BCUT2D eigenvalue weighted by Gasteiger charge is 2.11. The molecule has 1 amide bonds. The number of amides is 1. The Morgan fingerprint density at radius 1 is 1.13 bits per heavy atom. The summed E-state index contributed by atoms with van der Waals surface area (Å²) >= 11 is 3.33. The third-order valence-electron chi connectivity index (χ3n) is 4.93. The van der Waals surface area contributed by atoms with Gasteiger partial charge in [-0.1, -0.05) is 53.8 Å². The maximum absolute atomic E-state index is 12.9. The first kappa shape index (κ1) is 20.7. The van der Waals surface area contributed by atoms with E-state index in [0.29, 0.717) is 13.0 Å². The largest absolute Gasteiger partial charge is 0.494 e. The lowest BCUT2D eigenvalue weighted by Gasteiger charge is -2.06. The van der Waals surface area contributed by atoms with Crippen LogP contribution in [0.15, 0.2) is 65.7 Å². The fraction of sp³-hybridized carbons (Fsp3) is 0.250. The molecule has 0 fully saturated rings. The third-order valence-corrected chi connectivity index (χ3v) is 6.56. The Kier molecular flexibility index (Phi) is 6.55. The molecule has 1 aromatic heterocycles. The Labute approximate surface area is 184 Å². The fourth-order valence-corrected chi connectivity index (χ4v) is 5.02. The number of aromatic nitrogens is 1. The molecule has 30 heavy (non-hydrogen) atoms. The maximum Gasteiger partial charge on any atom is 0.252 e. The summed E-state index contributed by atoms with van der Waals surface area (Å²) in [6, 6.07) is 20.3. The van der Waals surface area contributed by atoms with Gasteiger partial charge in [0.05, 0.1) is 23.2 Å². The lowest BCUT2D eigenvalue weighted by Crippen LogP contribution is -2.18. The second kappa shape index (κ2) is 9.49. The van der Waals surface area contributed by atoms with Crippen LogP contribution in [0, 0.1) is 0 Å². The standard InChI is InChI=1S/C24H24N2O2S2/c1-3-28-19-11-12-21-22(16-19)30-24(26(21)13-14-29-2)25-23(27)15-18-9-6-8-17-7-4-5-10-20(17)18/h4-12,16H,3,13-15H2,1-2H3. The topological polar surface area (TPSA) is 43.6 Å². The summed E-state index contributed by atoms with van der Waals surface area (Å²) in [5.41, 5.74) is 2.10. The molecule has 0 saturated carbocycles. The molecule has 0 saturated heterocycles. The van der Waals surface area contributed by atoms with Crippen LogP contribution in [0.2, 0.25) is 0 Å². The summed E-state index contributed by atoms with van der Waals surface area (Å²) in [5, 5.41) is 2.25. The Balaban J connectivity index is 1.71. The van der Waals surface area contributed by atoms with Crippen LogP contribution < -0.4 is 9.54 Å². The molecule has 0 aliphatic carbocycles. The highest BCUT2D eigenvalue weighted by molar-refractivity contribution is 7.98. The molecule has 0 bridgehead atoms. The van der Waals surface area contributed by atoms with E-state index in [0.717, 1.165) is 49.4 Å². The van der Waals surface area contributed by atoms with Crippen molar-refractivity contribution in [1.82, 2.24) is 4.57 Å². The monoisotopic (exact) mass is 436 g/mol. The minimum Gasteiger partial charge on any atom is -0.494 e. The number of carbonyl (C=O) groups is 1. The van der Waals surface area contributed by atoms with E-state index in [1.165, 1.54) is 0 Å². The minimum atomic E-state index is -0.124. The molecule has 1 heterocycles. The number of nitrogens with zero attached hydrogens (tertiary/aromatic N) is 2. The predicted octanol–water partition coefficient (Wildman–Crippen LogP) is 5.29. The molecule has 3 aromatic carbocycles. The molecule has 154 valence electrons. The molecule has 0 spiro atoms. The number of carbonyl (C=O) groups excluding carboxylic acids is 1. The van der Waals surface area contributed by atoms with Crippen LogP contribution >= 0.6 is 23.1 Å². The summed E-state index contributed by atoms with van der Waals surface area (Å²) < 4.78 is 8.87. The van der Waals surface area contributed by atoms with Crippen molar-refractivity contribution in [2.75, 3.05) is 18.6 Å². The van der Waals surface area contributed by atoms with E-state index in [9.17, 15) is 4.79 Å². The molecule has 4 rings (SSSR count). The molecular formula is C24H24N2O2S2. The van der Waals surface area contributed by atoms with Crippen LogP contribution in [-0.2, 0) is 17.8 Å². The van der Waals surface area contributed by atoms with Gasteiger partial charge >= 0.3 is 0 Å². The highest BCUT2D eigenvalue weighted by Crippen LogP contribution is 2.24. The van der Waals surface area contributed by atoms with Crippen molar-refractivity contribution in [3.8, 4) is 5.75 Å². The molecule has 0 aliphatic heterocycles. The number of hydrogen-bond acceptors (Lipinski definition) is 4. The molecule has 6 heteroatoms. The van der Waals surface area contributed by atoms with Crippen LogP contribution in [0.5, 0.6) is 5.75 Å². The van der Waals surface area contributed by atoms with Crippen LogP contribution in [-0.4, -0.2) is 29.1 Å². The van der Waals surface area contributed by atoms with E-state index in [-0.39, 0.29) is 5.91 Å². The van der Waals surface area contributed by atoms with E-state index in [1.807, 2.05) is 43.3 Å². The Morgan fingerprint density at radius 3 is 2.80 bits per heavy atom. The number of fused-ring (bicyclic) bond motifs is 2. The summed E-state index contributed by atoms with van der Waals surface area (Å²) in [7, 11) is 0. The van der Waals surface area contributed by atoms with Gasteiger partial charge < -0.3 is 9.30 Å². The number of benzene rings is 3. The molecule has 0 N–H and O–H groups in total. The summed E-state index contributed by atoms with van der Waals surface area (Å²) in [6.07, 6.45) is 2.38. The highest BCUT2D eigenvalue weighted by atomic mass is 32.2. The maximum atomic E-state index is 12.9. The normalized spacial score (nSPS) is 12.0. The quantitative estimate of drug-likeness (QED) is 0.395. The molecule has 4 nitrogen and oxygen atoms in total. The van der Waals surface area contributed by atoms with E-state index < -0.39 is 0 Å². The smallest absolute Gasteiger partial charge is 0.252 e. The van der Waals surface area contributed by atoms with Gasteiger partial charge in [-0.15, -0.1) is 0 Å². The number of aryl methyl sites for hydroxylation is 1. The lowest BCUT2D eigenvalue weighted by molar-refractivity contribution is -0.117. The molecule has 0 unspecified atom stereocenters. The summed E-state index contributed by atoms with van der Waals surface area (Å²) in [5.74, 6) is 1.68. The van der Waals surface area contributed by atoms with Crippen LogP contribution in [0.25, 0.3) is 21.0 Å². The second-order valence-corrected chi connectivity index (χ2v) is 8.91. The van der Waals surface area contributed by atoms with Crippen molar-refractivity contribution < 1.29 is 9.53 Å². The molecule has 4 aromatic rings. The first-order chi connectivity index (χ1) is 14.7. The molecule has 0 aliphatic rings. The number of thiazole rings is 1. The SMILES string of the molecule is CCOc1ccc2c(c1)sc(=NC(=O)Cc1cccc3ccccc13)n2CCSC. The zero-order valence-corrected chi connectivity index (χ0v) is 18.8. The second-order valence-electron chi connectivity index (χ2n) is 6.91. The van der Waals surface area contributed by atoms with Crippen molar-refractivity contribution in [1.29, 1.82) is 0 Å². The summed E-state index contributed by atoms with van der Waals surface area (Å²) in [6.45, 7) is 3.42. The first-order valence-electron chi connectivity index (χ1n) is 9.99. The van der Waals surface area contributed by atoms with Gasteiger partial charge in [0.15, 0.2) is 4.80 Å². The molecule has 0 radical (unpaired) electrons. The van der Waals surface area contributed by atoms with Gasteiger partial charge in [0, 0.05) is 12.3 Å². The van der Waals surface area contributed by atoms with Crippen molar-refractivity contribution in [3.63, 3.8) is 0 Å². The zero-order valence-electron chi connectivity index (χ0n) is 17.1. The van der Waals surface area contributed by atoms with Gasteiger partial charge in [-0.2, -0.15) is 16.8 Å². The van der Waals surface area contributed by atoms with Gasteiger partial charge in [0.1, 0.15) is 5.75 Å². The first-order valence-corrected chi connectivity index (χ1v) is 12.2. The Morgan fingerprint density at radius 2 is 1.97 bits per heavy atom. The van der Waals surface area contributed by atoms with Crippen LogP contribution in [0.1, 0.15) is 12.5 Å². The zero-order chi connectivity index (χ0) is 20.9. The molecule has 0 atom stereocenters. The van der Waals surface area contributed by atoms with E-state index >= 15 is 0 Å². The Bertz CT molecular complexity index is 1250. The number of ether oxygens (including phenoxy) is 1. The van der Waals surface area contributed by atoms with Gasteiger partial charge in [-0.3, -0.25) is 4.79 Å². The lowest BCUT2D eigenvalue weighted by atomic mass is 10.0. The van der Waals surface area contributed by atoms with Gasteiger partial charge in [-0.25, -0.2) is 0 Å². The van der Waals surface area contributed by atoms with E-state index in [2.05, 4.69) is 40.1 Å². The number of rotatable bonds is 7. The van der Waals surface area contributed by atoms with Crippen molar-refractivity contribution in [2.45, 2.75) is 19.9 Å². The van der Waals surface area contributed by atoms with Crippen LogP contribution in [0.3, 0.4) is 0 Å². The van der Waals surface area contributed by atoms with Crippen molar-refractivity contribution in [3.05, 3.63) is 71.0 Å². The predicted molar refractivity (Wildman–Crippen MR) is 128 cm³/mol. The van der Waals surface area contributed by atoms with E-state index in [1.54, 1.807) is 23.1 Å².